The Morgan fingerprint density at radius 3 is 2.47 bits per heavy atom. The Labute approximate surface area is 208 Å². The molecule has 2 atom stereocenters. The van der Waals surface area contributed by atoms with Gasteiger partial charge in [0.1, 0.15) is 23.7 Å². The molecule has 1 amide bonds. The van der Waals surface area contributed by atoms with Gasteiger partial charge in [0, 0.05) is 18.5 Å². The summed E-state index contributed by atoms with van der Waals surface area (Å²) in [5, 5.41) is 18.8. The largest absolute Gasteiger partial charge is 0.497 e. The average Bonchev–Trinajstić information content (AvgIpc) is 3.20. The molecule has 0 spiro atoms. The van der Waals surface area contributed by atoms with Crippen LogP contribution < -0.4 is 15.2 Å². The quantitative estimate of drug-likeness (QED) is 0.251. The van der Waals surface area contributed by atoms with Gasteiger partial charge in [-0.1, -0.05) is 36.4 Å². The standard InChI is InChI=1S/C25H26N4O6S/c1-35-19-8-6-18-14-20(9-7-17(18)13-19)36(33,34)28-21-10-11-29(24(21)30)22(25(31)32)12-15-2-4-16(5-3-15)23(26)27/h2-9,13-14,21-22,28H,10-12H2,1H3,(H3,26,27)(H,31,32). The normalized spacial score (nSPS) is 16.8. The molecule has 188 valence electrons. The van der Waals surface area contributed by atoms with Crippen molar-refractivity contribution in [1.29, 1.82) is 5.41 Å². The number of nitrogens with one attached hydrogen (secondary N) is 2. The highest BCUT2D eigenvalue weighted by Crippen LogP contribution is 2.25. The first-order chi connectivity index (χ1) is 17.1. The minimum atomic E-state index is -4.03. The molecule has 10 nitrogen and oxygen atoms in total. The molecule has 0 radical (unpaired) electrons. The highest BCUT2D eigenvalue weighted by molar-refractivity contribution is 7.89. The SMILES string of the molecule is COc1ccc2cc(S(=O)(=O)NC3CCN(C(Cc4ccc(C(=N)N)cc4)C(=O)O)C3=O)ccc2c1. The number of nitrogens with two attached hydrogens (primary N) is 1. The number of hydrogen-bond donors (Lipinski definition) is 4. The lowest BCUT2D eigenvalue weighted by molar-refractivity contribution is -0.148. The predicted octanol–water partition coefficient (Wildman–Crippen LogP) is 1.71. The molecule has 3 aromatic rings. The van der Waals surface area contributed by atoms with Crippen molar-refractivity contribution >= 4 is 38.5 Å². The van der Waals surface area contributed by atoms with E-state index in [1.165, 1.54) is 17.0 Å². The molecule has 3 aromatic carbocycles. The van der Waals surface area contributed by atoms with E-state index in [9.17, 15) is 23.1 Å². The summed E-state index contributed by atoms with van der Waals surface area (Å²) < 4.78 is 33.7. The van der Waals surface area contributed by atoms with Crippen LogP contribution in [0.3, 0.4) is 0 Å². The third-order valence-electron chi connectivity index (χ3n) is 6.22. The maximum absolute atomic E-state index is 13.1. The van der Waals surface area contributed by atoms with E-state index in [2.05, 4.69) is 4.72 Å². The van der Waals surface area contributed by atoms with Gasteiger partial charge in [-0.05, 0) is 47.0 Å². The van der Waals surface area contributed by atoms with E-state index in [-0.39, 0.29) is 30.1 Å². The van der Waals surface area contributed by atoms with Gasteiger partial charge < -0.3 is 20.5 Å². The maximum atomic E-state index is 13.1. The number of nitrogen functional groups attached to an aromatic ring is 1. The Morgan fingerprint density at radius 2 is 1.83 bits per heavy atom. The van der Waals surface area contributed by atoms with E-state index in [0.29, 0.717) is 22.3 Å². The van der Waals surface area contributed by atoms with Crippen LogP contribution in [0.15, 0.2) is 65.6 Å². The molecule has 1 fully saturated rings. The van der Waals surface area contributed by atoms with Gasteiger partial charge in [0.25, 0.3) is 0 Å². The number of carbonyl (C=O) groups is 2. The van der Waals surface area contributed by atoms with Crippen LogP contribution in [0.5, 0.6) is 5.75 Å². The van der Waals surface area contributed by atoms with Gasteiger partial charge in [-0.2, -0.15) is 4.72 Å². The third-order valence-corrected chi connectivity index (χ3v) is 7.69. The number of fused-ring (bicyclic) bond motifs is 1. The second kappa shape index (κ2) is 9.96. The molecule has 4 rings (SSSR count). The van der Waals surface area contributed by atoms with Crippen molar-refractivity contribution < 1.29 is 27.9 Å². The van der Waals surface area contributed by atoms with Crippen molar-refractivity contribution in [3.05, 3.63) is 71.8 Å². The zero-order chi connectivity index (χ0) is 26.0. The lowest BCUT2D eigenvalue weighted by Gasteiger charge is -2.25. The maximum Gasteiger partial charge on any atom is 0.326 e. The number of aliphatic carboxylic acids is 1. The van der Waals surface area contributed by atoms with Crippen LogP contribution >= 0.6 is 0 Å². The number of ether oxygens (including phenoxy) is 1. The zero-order valence-corrected chi connectivity index (χ0v) is 20.3. The first-order valence-electron chi connectivity index (χ1n) is 11.2. The van der Waals surface area contributed by atoms with E-state index in [4.69, 9.17) is 15.9 Å². The number of likely N-dealkylation sites (tertiary alicyclic amines) is 1. The molecule has 1 aliphatic rings. The molecule has 0 aliphatic carbocycles. The lowest BCUT2D eigenvalue weighted by Crippen LogP contribution is -2.48. The monoisotopic (exact) mass is 510 g/mol. The van der Waals surface area contributed by atoms with E-state index in [0.717, 1.165) is 5.39 Å². The Hall–Kier alpha value is -3.96. The number of hydrogen-bond acceptors (Lipinski definition) is 6. The minimum absolute atomic E-state index is 0.00626. The molecular weight excluding hydrogens is 484 g/mol. The van der Waals surface area contributed by atoms with E-state index in [1.807, 2.05) is 0 Å². The molecule has 36 heavy (non-hydrogen) atoms. The summed E-state index contributed by atoms with van der Waals surface area (Å²) in [4.78, 5) is 26.3. The van der Waals surface area contributed by atoms with Crippen LogP contribution in [0.1, 0.15) is 17.5 Å². The molecule has 2 unspecified atom stereocenters. The van der Waals surface area contributed by atoms with Crippen molar-refractivity contribution in [2.45, 2.75) is 29.8 Å². The van der Waals surface area contributed by atoms with E-state index < -0.39 is 34.0 Å². The smallest absolute Gasteiger partial charge is 0.326 e. The average molecular weight is 511 g/mol. The summed E-state index contributed by atoms with van der Waals surface area (Å²) in [7, 11) is -2.49. The van der Waals surface area contributed by atoms with Crippen LogP contribution in [-0.2, 0) is 26.0 Å². The van der Waals surface area contributed by atoms with Crippen LogP contribution in [0.2, 0.25) is 0 Å². The van der Waals surface area contributed by atoms with Crippen LogP contribution in [0.25, 0.3) is 10.8 Å². The molecule has 0 aromatic heterocycles. The van der Waals surface area contributed by atoms with Crippen molar-refractivity contribution in [3.8, 4) is 5.75 Å². The van der Waals surface area contributed by atoms with Crippen molar-refractivity contribution in [2.24, 2.45) is 5.73 Å². The summed E-state index contributed by atoms with van der Waals surface area (Å²) in [5.74, 6) is -1.23. The van der Waals surface area contributed by atoms with Gasteiger partial charge >= 0.3 is 5.97 Å². The van der Waals surface area contributed by atoms with Gasteiger partial charge in [0.05, 0.1) is 12.0 Å². The second-order valence-electron chi connectivity index (χ2n) is 8.54. The first-order valence-corrected chi connectivity index (χ1v) is 12.6. The summed E-state index contributed by atoms with van der Waals surface area (Å²) in [5.41, 5.74) is 6.61. The fraction of sp³-hybridized carbons (Fsp3) is 0.240. The number of rotatable bonds is 9. The highest BCUT2D eigenvalue weighted by atomic mass is 32.2. The molecule has 1 heterocycles. The fourth-order valence-electron chi connectivity index (χ4n) is 4.25. The number of methoxy groups -OCH3 is 1. The minimum Gasteiger partial charge on any atom is -0.497 e. The number of nitrogens with zero attached hydrogens (tertiary/aromatic N) is 1. The Balaban J connectivity index is 1.49. The molecule has 0 saturated carbocycles. The predicted molar refractivity (Wildman–Crippen MR) is 134 cm³/mol. The van der Waals surface area contributed by atoms with Gasteiger partial charge in [-0.25, -0.2) is 13.2 Å². The van der Waals surface area contributed by atoms with Crippen molar-refractivity contribution in [1.82, 2.24) is 9.62 Å². The van der Waals surface area contributed by atoms with Crippen molar-refractivity contribution in [2.75, 3.05) is 13.7 Å². The number of carboxylic acid groups (broad SMARTS) is 1. The molecule has 11 heteroatoms. The molecule has 0 bridgehead atoms. The molecular formula is C25H26N4O6S. The van der Waals surface area contributed by atoms with Crippen LogP contribution in [0, 0.1) is 5.41 Å². The second-order valence-corrected chi connectivity index (χ2v) is 10.3. The number of amidine groups is 1. The Kier molecular flexibility index (Phi) is 6.95. The number of sulfonamides is 1. The van der Waals surface area contributed by atoms with Gasteiger partial charge in [-0.15, -0.1) is 0 Å². The number of amides is 1. The number of carbonyl (C=O) groups excluding carboxylic acids is 1. The Morgan fingerprint density at radius 1 is 1.17 bits per heavy atom. The zero-order valence-electron chi connectivity index (χ0n) is 19.5. The molecule has 1 saturated heterocycles. The fourth-order valence-corrected chi connectivity index (χ4v) is 5.51. The van der Waals surface area contributed by atoms with Gasteiger partial charge in [0.2, 0.25) is 15.9 Å². The number of carboxylic acids is 1. The summed E-state index contributed by atoms with van der Waals surface area (Å²) in [6.07, 6.45) is 0.183. The molecule has 5 N–H and O–H groups in total. The Bertz CT molecular complexity index is 1440. The first kappa shape index (κ1) is 25.1. The molecule has 1 aliphatic heterocycles. The van der Waals surface area contributed by atoms with Gasteiger partial charge in [-0.3, -0.25) is 10.2 Å². The number of benzene rings is 3. The van der Waals surface area contributed by atoms with Crippen LogP contribution in [0.4, 0.5) is 0 Å². The third kappa shape index (κ3) is 5.16. The summed E-state index contributed by atoms with van der Waals surface area (Å²) in [6.45, 7) is 0.103. The van der Waals surface area contributed by atoms with Gasteiger partial charge in [0.15, 0.2) is 0 Å². The lowest BCUT2D eigenvalue weighted by atomic mass is 10.0. The van der Waals surface area contributed by atoms with E-state index in [1.54, 1.807) is 55.6 Å². The van der Waals surface area contributed by atoms with Crippen molar-refractivity contribution in [3.63, 3.8) is 0 Å². The highest BCUT2D eigenvalue weighted by Gasteiger charge is 2.40. The topological polar surface area (TPSA) is 163 Å². The summed E-state index contributed by atoms with van der Waals surface area (Å²) in [6, 6.07) is 14.2. The van der Waals surface area contributed by atoms with E-state index >= 15 is 0 Å². The summed E-state index contributed by atoms with van der Waals surface area (Å²) >= 11 is 0. The van der Waals surface area contributed by atoms with Crippen LogP contribution in [-0.4, -0.2) is 61.9 Å².